The highest BCUT2D eigenvalue weighted by Crippen LogP contribution is 2.25. The molecule has 17 heavy (non-hydrogen) atoms. The van der Waals surface area contributed by atoms with E-state index in [0.717, 1.165) is 23.5 Å². The number of aryl methyl sites for hydroxylation is 3. The van der Waals surface area contributed by atoms with Gasteiger partial charge in [-0.3, -0.25) is 0 Å². The molecule has 0 aliphatic carbocycles. The van der Waals surface area contributed by atoms with Crippen molar-refractivity contribution in [3.8, 4) is 11.4 Å². The highest BCUT2D eigenvalue weighted by atomic mass is 35.5. The molecule has 0 unspecified atom stereocenters. The normalized spacial score (nSPS) is 10.6. The predicted octanol–water partition coefficient (Wildman–Crippen LogP) is 3.98. The van der Waals surface area contributed by atoms with Gasteiger partial charge >= 0.3 is 0 Å². The molecule has 0 spiro atoms. The van der Waals surface area contributed by atoms with Crippen molar-refractivity contribution in [3.63, 3.8) is 0 Å². The largest absolute Gasteiger partial charge is 0.233 e. The van der Waals surface area contributed by atoms with Crippen molar-refractivity contribution < 1.29 is 0 Å². The quantitative estimate of drug-likeness (QED) is 0.750. The maximum absolute atomic E-state index is 6.03. The van der Waals surface area contributed by atoms with Crippen molar-refractivity contribution in [2.24, 2.45) is 0 Å². The van der Waals surface area contributed by atoms with E-state index in [4.69, 9.17) is 11.6 Å². The third-order valence-corrected chi connectivity index (χ3v) is 3.01. The van der Waals surface area contributed by atoms with E-state index >= 15 is 0 Å². The molecule has 0 aliphatic heterocycles. The first kappa shape index (κ1) is 12.1. The fraction of sp³-hybridized carbons (Fsp3) is 0.286. The van der Waals surface area contributed by atoms with Crippen molar-refractivity contribution in [2.45, 2.75) is 27.2 Å². The van der Waals surface area contributed by atoms with Gasteiger partial charge in [0.2, 0.25) is 0 Å². The van der Waals surface area contributed by atoms with Gasteiger partial charge in [-0.05, 0) is 37.5 Å². The van der Waals surface area contributed by atoms with Gasteiger partial charge in [0, 0.05) is 11.3 Å². The van der Waals surface area contributed by atoms with Crippen LogP contribution in [0.5, 0.6) is 0 Å². The van der Waals surface area contributed by atoms with Crippen LogP contribution in [0.3, 0.4) is 0 Å². The Hall–Kier alpha value is -1.41. The third-order valence-electron chi connectivity index (χ3n) is 2.81. The second-order valence-corrected chi connectivity index (χ2v) is 4.51. The van der Waals surface area contributed by atoms with Crippen LogP contribution in [-0.4, -0.2) is 9.97 Å². The number of benzene rings is 1. The molecule has 0 amide bonds. The summed E-state index contributed by atoms with van der Waals surface area (Å²) in [6.45, 7) is 6.20. The van der Waals surface area contributed by atoms with Crippen LogP contribution in [0.2, 0.25) is 5.15 Å². The topological polar surface area (TPSA) is 25.8 Å². The van der Waals surface area contributed by atoms with E-state index in [2.05, 4.69) is 42.9 Å². The summed E-state index contributed by atoms with van der Waals surface area (Å²) in [4.78, 5) is 8.88. The summed E-state index contributed by atoms with van der Waals surface area (Å²) in [5.41, 5.74) is 4.41. The van der Waals surface area contributed by atoms with E-state index in [0.29, 0.717) is 5.15 Å². The summed E-state index contributed by atoms with van der Waals surface area (Å²) in [5.74, 6) is 0.727. The maximum atomic E-state index is 6.03. The minimum absolute atomic E-state index is 0.509. The van der Waals surface area contributed by atoms with Gasteiger partial charge in [0.05, 0.1) is 0 Å². The lowest BCUT2D eigenvalue weighted by Crippen LogP contribution is -1.98. The first-order chi connectivity index (χ1) is 8.11. The fourth-order valence-electron chi connectivity index (χ4n) is 1.92. The number of aromatic nitrogens is 2. The van der Waals surface area contributed by atoms with Crippen LogP contribution in [0.25, 0.3) is 11.4 Å². The van der Waals surface area contributed by atoms with Crippen molar-refractivity contribution in [2.75, 3.05) is 0 Å². The van der Waals surface area contributed by atoms with Crippen LogP contribution >= 0.6 is 11.6 Å². The van der Waals surface area contributed by atoms with E-state index in [1.807, 2.05) is 12.1 Å². The minimum atomic E-state index is 0.509. The lowest BCUT2D eigenvalue weighted by Gasteiger charge is -2.09. The second-order valence-electron chi connectivity index (χ2n) is 4.13. The molecule has 0 radical (unpaired) electrons. The molecule has 0 aliphatic rings. The van der Waals surface area contributed by atoms with Gasteiger partial charge in [0.25, 0.3) is 0 Å². The Morgan fingerprint density at radius 3 is 2.35 bits per heavy atom. The number of halogens is 1. The number of hydrogen-bond donors (Lipinski definition) is 0. The van der Waals surface area contributed by atoms with Crippen LogP contribution in [0, 0.1) is 13.8 Å². The number of rotatable bonds is 2. The van der Waals surface area contributed by atoms with E-state index in [-0.39, 0.29) is 0 Å². The van der Waals surface area contributed by atoms with Gasteiger partial charge in [-0.1, -0.05) is 36.7 Å². The molecule has 2 nitrogen and oxygen atoms in total. The van der Waals surface area contributed by atoms with Gasteiger partial charge in [-0.15, -0.1) is 0 Å². The van der Waals surface area contributed by atoms with Crippen molar-refractivity contribution >= 4 is 11.6 Å². The minimum Gasteiger partial charge on any atom is -0.233 e. The van der Waals surface area contributed by atoms with E-state index in [1.165, 1.54) is 11.1 Å². The van der Waals surface area contributed by atoms with Crippen LogP contribution in [-0.2, 0) is 6.42 Å². The Balaban J connectivity index is 2.64. The third kappa shape index (κ3) is 2.47. The molecule has 0 N–H and O–H groups in total. The molecule has 1 heterocycles. The average Bonchev–Trinajstić information content (AvgIpc) is 2.28. The predicted molar refractivity (Wildman–Crippen MR) is 71.3 cm³/mol. The van der Waals surface area contributed by atoms with Gasteiger partial charge < -0.3 is 0 Å². The van der Waals surface area contributed by atoms with Gasteiger partial charge in [-0.2, -0.15) is 0 Å². The van der Waals surface area contributed by atoms with Gasteiger partial charge in [0.15, 0.2) is 5.82 Å². The summed E-state index contributed by atoms with van der Waals surface area (Å²) in [6, 6.07) is 7.99. The summed E-state index contributed by atoms with van der Waals surface area (Å²) in [5, 5.41) is 0.509. The molecule has 1 aromatic heterocycles. The molecular weight excluding hydrogens is 232 g/mol. The maximum Gasteiger partial charge on any atom is 0.161 e. The SMILES string of the molecule is CCc1cc(Cl)nc(-c2c(C)cccc2C)n1. The van der Waals surface area contributed by atoms with E-state index in [9.17, 15) is 0 Å². The van der Waals surface area contributed by atoms with Crippen molar-refractivity contribution in [1.29, 1.82) is 0 Å². The Bertz CT molecular complexity index is 530. The Kier molecular flexibility index (Phi) is 3.43. The van der Waals surface area contributed by atoms with Gasteiger partial charge in [-0.25, -0.2) is 9.97 Å². The van der Waals surface area contributed by atoms with Crippen LogP contribution in [0.15, 0.2) is 24.3 Å². The Labute approximate surface area is 107 Å². The van der Waals surface area contributed by atoms with Crippen molar-refractivity contribution in [1.82, 2.24) is 9.97 Å². The molecule has 0 saturated carbocycles. The first-order valence-corrected chi connectivity index (χ1v) is 6.09. The zero-order valence-corrected chi connectivity index (χ0v) is 11.0. The molecule has 3 heteroatoms. The Morgan fingerprint density at radius 1 is 1.12 bits per heavy atom. The standard InChI is InChI=1S/C14H15ClN2/c1-4-11-8-12(15)17-14(16-11)13-9(2)6-5-7-10(13)3/h5-8H,4H2,1-3H3. The summed E-state index contributed by atoms with van der Waals surface area (Å²) in [6.07, 6.45) is 0.861. The molecule has 0 fully saturated rings. The first-order valence-electron chi connectivity index (χ1n) is 5.72. The number of hydrogen-bond acceptors (Lipinski definition) is 2. The van der Waals surface area contributed by atoms with E-state index in [1.54, 1.807) is 0 Å². The summed E-state index contributed by atoms with van der Waals surface area (Å²) >= 11 is 6.03. The lowest BCUT2D eigenvalue weighted by atomic mass is 10.0. The monoisotopic (exact) mass is 246 g/mol. The molecule has 0 saturated heterocycles. The van der Waals surface area contributed by atoms with Gasteiger partial charge in [0.1, 0.15) is 5.15 Å². The van der Waals surface area contributed by atoms with Crippen LogP contribution in [0.4, 0.5) is 0 Å². The molecule has 1 aromatic carbocycles. The van der Waals surface area contributed by atoms with Crippen LogP contribution in [0.1, 0.15) is 23.7 Å². The molecule has 0 atom stereocenters. The van der Waals surface area contributed by atoms with Crippen LogP contribution < -0.4 is 0 Å². The Morgan fingerprint density at radius 2 is 1.76 bits per heavy atom. The highest BCUT2D eigenvalue weighted by molar-refractivity contribution is 6.29. The van der Waals surface area contributed by atoms with E-state index < -0.39 is 0 Å². The molecular formula is C14H15ClN2. The second kappa shape index (κ2) is 4.84. The smallest absolute Gasteiger partial charge is 0.161 e. The van der Waals surface area contributed by atoms with Crippen molar-refractivity contribution in [3.05, 3.63) is 46.2 Å². The highest BCUT2D eigenvalue weighted by Gasteiger charge is 2.10. The summed E-state index contributed by atoms with van der Waals surface area (Å²) < 4.78 is 0. The lowest BCUT2D eigenvalue weighted by molar-refractivity contribution is 1.00. The number of nitrogens with zero attached hydrogens (tertiary/aromatic N) is 2. The molecule has 88 valence electrons. The zero-order valence-electron chi connectivity index (χ0n) is 10.3. The molecule has 0 bridgehead atoms. The molecule has 2 aromatic rings. The average molecular weight is 247 g/mol. The zero-order chi connectivity index (χ0) is 12.4. The molecule has 2 rings (SSSR count). The fourth-order valence-corrected chi connectivity index (χ4v) is 2.13. The summed E-state index contributed by atoms with van der Waals surface area (Å²) in [7, 11) is 0.